The molecule has 2 fully saturated rings. The number of carboxylic acid groups (broad SMARTS) is 1. The Morgan fingerprint density at radius 3 is 2.71 bits per heavy atom. The fraction of sp³-hybridized carbons (Fsp3) is 0.762. The van der Waals surface area contributed by atoms with Crippen LogP contribution in [0.25, 0.3) is 0 Å². The summed E-state index contributed by atoms with van der Waals surface area (Å²) in [5.41, 5.74) is 2.41. The van der Waals surface area contributed by atoms with E-state index in [1.165, 1.54) is 32.1 Å². The van der Waals surface area contributed by atoms with Crippen molar-refractivity contribution < 1.29 is 9.90 Å². The van der Waals surface area contributed by atoms with E-state index in [2.05, 4.69) is 41.3 Å². The number of rotatable bonds is 6. The zero-order valence-electron chi connectivity index (χ0n) is 15.9. The van der Waals surface area contributed by atoms with Crippen LogP contribution in [0.3, 0.4) is 0 Å². The molecule has 0 heterocycles. The molecule has 24 heavy (non-hydrogen) atoms. The SMILES string of the molecule is C=C(CCC[C@@H](C)C1CCC2/C(=C/Br)CCCC21C)C(=O)O.CC. The molecule has 0 radical (unpaired) electrons. The molecule has 0 aromatic carbocycles. The summed E-state index contributed by atoms with van der Waals surface area (Å²) in [6.45, 7) is 12.5. The van der Waals surface area contributed by atoms with Gasteiger partial charge in [-0.05, 0) is 73.1 Å². The molecule has 0 amide bonds. The Bertz CT molecular complexity index is 468. The summed E-state index contributed by atoms with van der Waals surface area (Å²) in [6, 6.07) is 0. The van der Waals surface area contributed by atoms with Gasteiger partial charge in [-0.25, -0.2) is 4.79 Å². The van der Waals surface area contributed by atoms with Crippen LogP contribution in [0.1, 0.15) is 79.1 Å². The van der Waals surface area contributed by atoms with Crippen LogP contribution in [0.5, 0.6) is 0 Å². The maximum atomic E-state index is 10.8. The molecule has 0 aromatic heterocycles. The predicted octanol–water partition coefficient (Wildman–Crippen LogP) is 6.96. The van der Waals surface area contributed by atoms with E-state index in [9.17, 15) is 4.79 Å². The molecule has 2 aliphatic rings. The maximum absolute atomic E-state index is 10.8. The lowest BCUT2D eigenvalue weighted by atomic mass is 9.61. The Kier molecular flexibility index (Phi) is 8.76. The first-order valence-electron chi connectivity index (χ1n) is 9.60. The topological polar surface area (TPSA) is 37.3 Å². The second-order valence-electron chi connectivity index (χ2n) is 7.56. The third-order valence-corrected chi connectivity index (χ3v) is 6.89. The summed E-state index contributed by atoms with van der Waals surface area (Å²) in [6.07, 6.45) is 9.25. The van der Waals surface area contributed by atoms with Gasteiger partial charge < -0.3 is 5.11 Å². The molecule has 2 aliphatic carbocycles. The average Bonchev–Trinajstić information content (AvgIpc) is 2.93. The van der Waals surface area contributed by atoms with E-state index in [4.69, 9.17) is 5.11 Å². The Morgan fingerprint density at radius 1 is 1.46 bits per heavy atom. The zero-order chi connectivity index (χ0) is 18.3. The van der Waals surface area contributed by atoms with Crippen LogP contribution in [-0.4, -0.2) is 11.1 Å². The van der Waals surface area contributed by atoms with Crippen LogP contribution in [0.4, 0.5) is 0 Å². The van der Waals surface area contributed by atoms with Crippen LogP contribution in [0.15, 0.2) is 22.7 Å². The molecule has 3 heteroatoms. The van der Waals surface area contributed by atoms with E-state index >= 15 is 0 Å². The largest absolute Gasteiger partial charge is 0.478 e. The Balaban J connectivity index is 0.00000139. The van der Waals surface area contributed by atoms with Gasteiger partial charge in [-0.1, -0.05) is 62.2 Å². The molecule has 0 saturated heterocycles. The van der Waals surface area contributed by atoms with Gasteiger partial charge in [0, 0.05) is 5.57 Å². The summed E-state index contributed by atoms with van der Waals surface area (Å²) in [5.74, 6) is 1.35. The van der Waals surface area contributed by atoms with Crippen molar-refractivity contribution in [2.24, 2.45) is 23.2 Å². The van der Waals surface area contributed by atoms with Crippen LogP contribution in [-0.2, 0) is 4.79 Å². The first-order valence-corrected chi connectivity index (χ1v) is 10.5. The van der Waals surface area contributed by atoms with Crippen molar-refractivity contribution in [2.75, 3.05) is 0 Å². The predicted molar refractivity (Wildman–Crippen MR) is 106 cm³/mol. The molecular weight excluding hydrogens is 364 g/mol. The third kappa shape index (κ3) is 4.74. The number of carboxylic acids is 1. The summed E-state index contributed by atoms with van der Waals surface area (Å²) >= 11 is 3.57. The lowest BCUT2D eigenvalue weighted by Gasteiger charge is -2.44. The monoisotopic (exact) mass is 398 g/mol. The minimum atomic E-state index is -0.847. The number of halogens is 1. The van der Waals surface area contributed by atoms with Crippen LogP contribution < -0.4 is 0 Å². The summed E-state index contributed by atoms with van der Waals surface area (Å²) in [4.78, 5) is 13.0. The van der Waals surface area contributed by atoms with Crippen LogP contribution in [0.2, 0.25) is 0 Å². The fourth-order valence-electron chi connectivity index (χ4n) is 5.09. The molecule has 3 unspecified atom stereocenters. The van der Waals surface area contributed by atoms with Gasteiger partial charge >= 0.3 is 5.97 Å². The molecule has 0 aromatic rings. The summed E-state index contributed by atoms with van der Waals surface area (Å²) in [5, 5.41) is 8.90. The fourth-order valence-corrected chi connectivity index (χ4v) is 5.64. The highest BCUT2D eigenvalue weighted by atomic mass is 79.9. The highest BCUT2D eigenvalue weighted by molar-refractivity contribution is 9.11. The van der Waals surface area contributed by atoms with Gasteiger partial charge in [-0.3, -0.25) is 0 Å². The molecular formula is C21H35BrO2. The summed E-state index contributed by atoms with van der Waals surface area (Å²) in [7, 11) is 0. The van der Waals surface area contributed by atoms with E-state index in [0.717, 1.165) is 24.7 Å². The van der Waals surface area contributed by atoms with Gasteiger partial charge in [-0.2, -0.15) is 0 Å². The van der Waals surface area contributed by atoms with E-state index < -0.39 is 5.97 Å². The van der Waals surface area contributed by atoms with Gasteiger partial charge in [0.15, 0.2) is 0 Å². The van der Waals surface area contributed by atoms with Crippen molar-refractivity contribution in [3.8, 4) is 0 Å². The number of allylic oxidation sites excluding steroid dienone is 1. The van der Waals surface area contributed by atoms with Gasteiger partial charge in [0.2, 0.25) is 0 Å². The van der Waals surface area contributed by atoms with Crippen molar-refractivity contribution in [2.45, 2.75) is 79.1 Å². The molecule has 0 spiro atoms. The number of carbonyl (C=O) groups is 1. The quantitative estimate of drug-likeness (QED) is 0.491. The average molecular weight is 399 g/mol. The normalized spacial score (nSPS) is 31.8. The van der Waals surface area contributed by atoms with Gasteiger partial charge in [0.25, 0.3) is 0 Å². The minimum Gasteiger partial charge on any atom is -0.478 e. The molecule has 1 N–H and O–H groups in total. The van der Waals surface area contributed by atoms with Gasteiger partial charge in [0.1, 0.15) is 0 Å². The molecule has 0 bridgehead atoms. The molecule has 138 valence electrons. The van der Waals surface area contributed by atoms with Crippen molar-refractivity contribution in [1.29, 1.82) is 0 Å². The zero-order valence-corrected chi connectivity index (χ0v) is 17.5. The van der Waals surface area contributed by atoms with Crippen molar-refractivity contribution in [3.05, 3.63) is 22.7 Å². The van der Waals surface area contributed by atoms with Crippen molar-refractivity contribution in [1.82, 2.24) is 0 Å². The van der Waals surface area contributed by atoms with E-state index in [-0.39, 0.29) is 0 Å². The Morgan fingerprint density at radius 2 is 2.12 bits per heavy atom. The van der Waals surface area contributed by atoms with E-state index in [1.54, 1.807) is 5.57 Å². The highest BCUT2D eigenvalue weighted by Crippen LogP contribution is 2.59. The number of hydrogen-bond donors (Lipinski definition) is 1. The number of aliphatic carboxylic acids is 1. The molecule has 2 nitrogen and oxygen atoms in total. The lowest BCUT2D eigenvalue weighted by molar-refractivity contribution is -0.132. The number of hydrogen-bond acceptors (Lipinski definition) is 1. The first kappa shape index (κ1) is 21.5. The summed E-state index contributed by atoms with van der Waals surface area (Å²) < 4.78 is 0. The Hall–Kier alpha value is -0.570. The number of fused-ring (bicyclic) bond motifs is 1. The second kappa shape index (κ2) is 9.79. The van der Waals surface area contributed by atoms with Crippen molar-refractivity contribution in [3.63, 3.8) is 0 Å². The Labute approximate surface area is 156 Å². The molecule has 0 aliphatic heterocycles. The second-order valence-corrected chi connectivity index (χ2v) is 8.02. The van der Waals surface area contributed by atoms with Crippen LogP contribution >= 0.6 is 15.9 Å². The maximum Gasteiger partial charge on any atom is 0.330 e. The highest BCUT2D eigenvalue weighted by Gasteiger charge is 2.50. The van der Waals surface area contributed by atoms with Gasteiger partial charge in [-0.15, -0.1) is 0 Å². The molecule has 4 atom stereocenters. The van der Waals surface area contributed by atoms with Crippen LogP contribution in [0, 0.1) is 23.2 Å². The lowest BCUT2D eigenvalue weighted by Crippen LogP contribution is -2.35. The standard InChI is InChI=1S/C19H29BrO2.C2H6/c1-13(6-4-7-14(2)18(21)22)16-9-10-17-15(12-20)8-5-11-19(16,17)3;1-2/h12-13,16-17H,2,4-11H2,1,3H3,(H,21,22);1-2H3/b15-12+;/t13-,16?,17?,19?;/m1./s1. The molecule has 2 saturated carbocycles. The smallest absolute Gasteiger partial charge is 0.330 e. The third-order valence-electron chi connectivity index (χ3n) is 6.31. The molecule has 2 rings (SSSR count). The van der Waals surface area contributed by atoms with E-state index in [0.29, 0.717) is 23.3 Å². The first-order chi connectivity index (χ1) is 11.4. The van der Waals surface area contributed by atoms with Gasteiger partial charge in [0.05, 0.1) is 0 Å². The minimum absolute atomic E-state index is 0.352. The van der Waals surface area contributed by atoms with Crippen molar-refractivity contribution >= 4 is 21.9 Å². The van der Waals surface area contributed by atoms with E-state index in [1.807, 2.05) is 13.8 Å².